The third kappa shape index (κ3) is 2.55. The Bertz CT molecular complexity index is 732. The van der Waals surface area contributed by atoms with Gasteiger partial charge < -0.3 is 15.8 Å². The number of nitrogens with two attached hydrogens (primary N) is 1. The summed E-state index contributed by atoms with van der Waals surface area (Å²) < 4.78 is 31.6. The molecule has 0 radical (unpaired) electrons. The van der Waals surface area contributed by atoms with Crippen molar-refractivity contribution in [3.63, 3.8) is 0 Å². The van der Waals surface area contributed by atoms with Crippen molar-refractivity contribution in [2.24, 2.45) is 5.73 Å². The highest BCUT2D eigenvalue weighted by molar-refractivity contribution is 6.32. The molecule has 2 aromatic rings. The average molecular weight is 311 g/mol. The Kier molecular flexibility index (Phi) is 3.27. The Hall–Kier alpha value is -2.18. The zero-order chi connectivity index (χ0) is 15.1. The van der Waals surface area contributed by atoms with Crippen LogP contribution in [-0.2, 0) is 4.79 Å². The van der Waals surface area contributed by atoms with Crippen LogP contribution >= 0.6 is 11.6 Å². The summed E-state index contributed by atoms with van der Waals surface area (Å²) in [6, 6.07) is 4.94. The van der Waals surface area contributed by atoms with E-state index in [2.05, 4.69) is 5.32 Å². The number of ether oxygens (including phenoxy) is 1. The fourth-order valence-corrected chi connectivity index (χ4v) is 2.29. The van der Waals surface area contributed by atoms with Gasteiger partial charge in [0.05, 0.1) is 5.02 Å². The van der Waals surface area contributed by atoms with Crippen molar-refractivity contribution in [1.82, 2.24) is 0 Å². The van der Waals surface area contributed by atoms with E-state index >= 15 is 0 Å². The summed E-state index contributed by atoms with van der Waals surface area (Å²) in [4.78, 5) is 11.5. The predicted molar refractivity (Wildman–Crippen MR) is 73.4 cm³/mol. The van der Waals surface area contributed by atoms with E-state index in [0.29, 0.717) is 11.3 Å². The zero-order valence-electron chi connectivity index (χ0n) is 10.5. The first-order chi connectivity index (χ1) is 9.94. The number of carbonyl (C=O) groups excluding carboxylic acids is 1. The molecule has 0 saturated carbocycles. The molecular formula is C14H9ClF2N2O2. The SMILES string of the molecule is NC1C(=O)Nc2cc(Oc3cc(F)cc(F)c3)c(Cl)cc21. The molecule has 1 aliphatic rings. The number of nitrogens with one attached hydrogen (secondary N) is 1. The highest BCUT2D eigenvalue weighted by Crippen LogP contribution is 2.39. The van der Waals surface area contributed by atoms with Gasteiger partial charge in [-0.2, -0.15) is 0 Å². The fraction of sp³-hybridized carbons (Fsp3) is 0.0714. The normalized spacial score (nSPS) is 16.6. The van der Waals surface area contributed by atoms with E-state index in [-0.39, 0.29) is 22.4 Å². The van der Waals surface area contributed by atoms with Crippen LogP contribution < -0.4 is 15.8 Å². The average Bonchev–Trinajstić information content (AvgIpc) is 2.65. The number of benzene rings is 2. The minimum Gasteiger partial charge on any atom is -0.456 e. The lowest BCUT2D eigenvalue weighted by Gasteiger charge is -2.10. The first kappa shape index (κ1) is 13.8. The van der Waals surface area contributed by atoms with Crippen molar-refractivity contribution < 1.29 is 18.3 Å². The number of carbonyl (C=O) groups is 1. The van der Waals surface area contributed by atoms with Crippen LogP contribution in [0.3, 0.4) is 0 Å². The number of fused-ring (bicyclic) bond motifs is 1. The number of halogens is 3. The molecule has 1 heterocycles. The maximum Gasteiger partial charge on any atom is 0.245 e. The highest BCUT2D eigenvalue weighted by Gasteiger charge is 2.28. The van der Waals surface area contributed by atoms with E-state index in [4.69, 9.17) is 22.1 Å². The topological polar surface area (TPSA) is 64.4 Å². The van der Waals surface area contributed by atoms with Crippen LogP contribution in [0.25, 0.3) is 0 Å². The molecule has 3 N–H and O–H groups in total. The first-order valence-corrected chi connectivity index (χ1v) is 6.35. The van der Waals surface area contributed by atoms with Gasteiger partial charge in [-0.3, -0.25) is 4.79 Å². The van der Waals surface area contributed by atoms with Crippen molar-refractivity contribution in [3.8, 4) is 11.5 Å². The molecule has 21 heavy (non-hydrogen) atoms. The van der Waals surface area contributed by atoms with Gasteiger partial charge in [-0.15, -0.1) is 0 Å². The summed E-state index contributed by atoms with van der Waals surface area (Å²) in [6.07, 6.45) is 0. The standard InChI is InChI=1S/C14H9ClF2N2O2/c15-10-4-9-11(19-14(20)13(9)18)5-12(10)21-8-2-6(16)1-7(17)3-8/h1-5,13H,18H2,(H,19,20). The van der Waals surface area contributed by atoms with Crippen LogP contribution in [0.15, 0.2) is 30.3 Å². The van der Waals surface area contributed by atoms with Crippen molar-refractivity contribution in [3.05, 3.63) is 52.6 Å². The molecule has 2 aromatic carbocycles. The summed E-state index contributed by atoms with van der Waals surface area (Å²) >= 11 is 6.04. The lowest BCUT2D eigenvalue weighted by Crippen LogP contribution is -2.19. The van der Waals surface area contributed by atoms with Gasteiger partial charge in [-0.25, -0.2) is 8.78 Å². The first-order valence-electron chi connectivity index (χ1n) is 5.98. The molecule has 0 aromatic heterocycles. The number of anilines is 1. The second-order valence-corrected chi connectivity index (χ2v) is 4.95. The molecule has 4 nitrogen and oxygen atoms in total. The third-order valence-corrected chi connectivity index (χ3v) is 3.34. The Morgan fingerprint density at radius 1 is 1.14 bits per heavy atom. The van der Waals surface area contributed by atoms with Crippen molar-refractivity contribution >= 4 is 23.2 Å². The second kappa shape index (κ2) is 4.98. The molecule has 1 atom stereocenters. The smallest absolute Gasteiger partial charge is 0.245 e. The zero-order valence-corrected chi connectivity index (χ0v) is 11.2. The van der Waals surface area contributed by atoms with Gasteiger partial charge in [0.2, 0.25) is 5.91 Å². The summed E-state index contributed by atoms with van der Waals surface area (Å²) in [5, 5.41) is 2.76. The molecule has 1 amide bonds. The van der Waals surface area contributed by atoms with Gasteiger partial charge in [0, 0.05) is 35.5 Å². The maximum atomic E-state index is 13.1. The lowest BCUT2D eigenvalue weighted by molar-refractivity contribution is -0.116. The van der Waals surface area contributed by atoms with E-state index in [1.807, 2.05) is 0 Å². The molecule has 0 fully saturated rings. The molecule has 0 spiro atoms. The van der Waals surface area contributed by atoms with Crippen molar-refractivity contribution in [2.45, 2.75) is 6.04 Å². The predicted octanol–water partition coefficient (Wildman–Crippen LogP) is 3.36. The molecule has 1 unspecified atom stereocenters. The summed E-state index contributed by atoms with van der Waals surface area (Å²) in [5.74, 6) is -1.76. The van der Waals surface area contributed by atoms with Gasteiger partial charge in [0.15, 0.2) is 0 Å². The Morgan fingerprint density at radius 2 is 1.81 bits per heavy atom. The number of rotatable bonds is 2. The van der Waals surface area contributed by atoms with Crippen LogP contribution in [-0.4, -0.2) is 5.91 Å². The third-order valence-electron chi connectivity index (χ3n) is 3.04. The Morgan fingerprint density at radius 3 is 2.48 bits per heavy atom. The Labute approximate surface area is 123 Å². The van der Waals surface area contributed by atoms with Crippen molar-refractivity contribution in [1.29, 1.82) is 0 Å². The van der Waals surface area contributed by atoms with Crippen LogP contribution in [0.4, 0.5) is 14.5 Å². The lowest BCUT2D eigenvalue weighted by atomic mass is 10.1. The maximum absolute atomic E-state index is 13.1. The molecule has 1 aliphatic heterocycles. The van der Waals surface area contributed by atoms with Gasteiger partial charge in [0.25, 0.3) is 0 Å². The molecule has 7 heteroatoms. The second-order valence-electron chi connectivity index (χ2n) is 4.54. The molecule has 0 saturated heterocycles. The van der Waals surface area contributed by atoms with Crippen LogP contribution in [0.1, 0.15) is 11.6 Å². The Balaban J connectivity index is 1.97. The summed E-state index contributed by atoms with van der Waals surface area (Å²) in [5.41, 5.74) is 6.70. The van der Waals surface area contributed by atoms with E-state index < -0.39 is 17.7 Å². The van der Waals surface area contributed by atoms with E-state index in [0.717, 1.165) is 18.2 Å². The monoisotopic (exact) mass is 310 g/mol. The molecule has 108 valence electrons. The van der Waals surface area contributed by atoms with Gasteiger partial charge >= 0.3 is 0 Å². The molecule has 3 rings (SSSR count). The van der Waals surface area contributed by atoms with Gasteiger partial charge in [0.1, 0.15) is 29.2 Å². The minimum atomic E-state index is -0.793. The van der Waals surface area contributed by atoms with E-state index in [1.165, 1.54) is 12.1 Å². The number of amides is 1. The number of hydrogen-bond donors (Lipinski definition) is 2. The van der Waals surface area contributed by atoms with E-state index in [1.54, 1.807) is 0 Å². The van der Waals surface area contributed by atoms with Gasteiger partial charge in [-0.05, 0) is 6.07 Å². The summed E-state index contributed by atoms with van der Waals surface area (Å²) in [6.45, 7) is 0. The van der Waals surface area contributed by atoms with Crippen LogP contribution in [0.2, 0.25) is 5.02 Å². The highest BCUT2D eigenvalue weighted by atomic mass is 35.5. The van der Waals surface area contributed by atoms with Crippen LogP contribution in [0.5, 0.6) is 11.5 Å². The summed E-state index contributed by atoms with van der Waals surface area (Å²) in [7, 11) is 0. The minimum absolute atomic E-state index is 0.0389. The van der Waals surface area contributed by atoms with Gasteiger partial charge in [-0.1, -0.05) is 11.6 Å². The van der Waals surface area contributed by atoms with E-state index in [9.17, 15) is 13.6 Å². The molecule has 0 bridgehead atoms. The fourth-order valence-electron chi connectivity index (χ4n) is 2.08. The van der Waals surface area contributed by atoms with Crippen LogP contribution in [0, 0.1) is 11.6 Å². The van der Waals surface area contributed by atoms with Crippen molar-refractivity contribution in [2.75, 3.05) is 5.32 Å². The largest absolute Gasteiger partial charge is 0.456 e. The quantitative estimate of drug-likeness (QED) is 0.894. The molecule has 0 aliphatic carbocycles. The number of hydrogen-bond acceptors (Lipinski definition) is 3. The molecular weight excluding hydrogens is 302 g/mol.